The van der Waals surface area contributed by atoms with Gasteiger partial charge in [0.2, 0.25) is 0 Å². The van der Waals surface area contributed by atoms with E-state index in [4.69, 9.17) is 16.3 Å². The predicted molar refractivity (Wildman–Crippen MR) is 59.1 cm³/mol. The summed E-state index contributed by atoms with van der Waals surface area (Å²) in [5, 5.41) is 0. The summed E-state index contributed by atoms with van der Waals surface area (Å²) in [6.07, 6.45) is 3.96. The van der Waals surface area contributed by atoms with Crippen molar-refractivity contribution in [2.45, 2.75) is 32.6 Å². The van der Waals surface area contributed by atoms with Crippen molar-refractivity contribution in [3.63, 3.8) is 0 Å². The molecule has 2 nitrogen and oxygen atoms in total. The normalized spacial score (nSPS) is 10.3. The first kappa shape index (κ1) is 11.3. The minimum Gasteiger partial charge on any atom is -0.496 e. The molecular formula is C11H16ClNO. The van der Waals surface area contributed by atoms with Gasteiger partial charge in [-0.1, -0.05) is 13.3 Å². The SMILES string of the molecule is CCCc1cnc(CCl)c(C)c1OC. The largest absolute Gasteiger partial charge is 0.496 e. The van der Waals surface area contributed by atoms with E-state index in [1.807, 2.05) is 13.1 Å². The van der Waals surface area contributed by atoms with Crippen LogP contribution in [0.25, 0.3) is 0 Å². The Labute approximate surface area is 90.3 Å². The first-order chi connectivity index (χ1) is 6.74. The first-order valence-electron chi connectivity index (χ1n) is 4.81. The molecule has 0 aliphatic heterocycles. The third kappa shape index (κ3) is 2.18. The van der Waals surface area contributed by atoms with Crippen LogP contribution in [0.2, 0.25) is 0 Å². The molecule has 78 valence electrons. The molecule has 0 amide bonds. The Morgan fingerprint density at radius 3 is 2.71 bits per heavy atom. The second-order valence-corrected chi connectivity index (χ2v) is 3.54. The number of ether oxygens (including phenoxy) is 1. The predicted octanol–water partition coefficient (Wildman–Crippen LogP) is 3.09. The van der Waals surface area contributed by atoms with Gasteiger partial charge in [-0.15, -0.1) is 11.6 Å². The molecule has 0 spiro atoms. The van der Waals surface area contributed by atoms with Crippen LogP contribution in [0, 0.1) is 6.92 Å². The van der Waals surface area contributed by atoms with Crippen LogP contribution in [0.1, 0.15) is 30.2 Å². The van der Waals surface area contributed by atoms with Gasteiger partial charge in [0.15, 0.2) is 0 Å². The minimum atomic E-state index is 0.439. The highest BCUT2D eigenvalue weighted by atomic mass is 35.5. The van der Waals surface area contributed by atoms with Gasteiger partial charge in [-0.3, -0.25) is 4.98 Å². The molecule has 0 unspecified atom stereocenters. The zero-order chi connectivity index (χ0) is 10.6. The van der Waals surface area contributed by atoms with E-state index in [0.29, 0.717) is 5.88 Å². The van der Waals surface area contributed by atoms with Gasteiger partial charge in [-0.2, -0.15) is 0 Å². The van der Waals surface area contributed by atoms with Gasteiger partial charge in [-0.25, -0.2) is 0 Å². The van der Waals surface area contributed by atoms with E-state index in [1.165, 1.54) is 5.56 Å². The van der Waals surface area contributed by atoms with E-state index in [9.17, 15) is 0 Å². The zero-order valence-electron chi connectivity index (χ0n) is 8.93. The summed E-state index contributed by atoms with van der Waals surface area (Å²) in [7, 11) is 1.69. The van der Waals surface area contributed by atoms with Crippen molar-refractivity contribution in [3.8, 4) is 5.75 Å². The van der Waals surface area contributed by atoms with Gasteiger partial charge in [0, 0.05) is 17.3 Å². The van der Waals surface area contributed by atoms with Crippen molar-refractivity contribution in [1.29, 1.82) is 0 Å². The van der Waals surface area contributed by atoms with Crippen molar-refractivity contribution >= 4 is 11.6 Å². The fourth-order valence-electron chi connectivity index (χ4n) is 1.55. The standard InChI is InChI=1S/C11H16ClNO/c1-4-5-9-7-13-10(6-12)8(2)11(9)14-3/h7H,4-6H2,1-3H3. The molecule has 0 atom stereocenters. The van der Waals surface area contributed by atoms with E-state index in [2.05, 4.69) is 11.9 Å². The Kier molecular flexibility index (Phi) is 4.21. The Bertz CT molecular complexity index is 312. The van der Waals surface area contributed by atoms with E-state index in [0.717, 1.165) is 29.8 Å². The summed E-state index contributed by atoms with van der Waals surface area (Å²) >= 11 is 5.77. The highest BCUT2D eigenvalue weighted by molar-refractivity contribution is 6.17. The van der Waals surface area contributed by atoms with Crippen LogP contribution < -0.4 is 4.74 Å². The molecule has 3 heteroatoms. The molecule has 14 heavy (non-hydrogen) atoms. The van der Waals surface area contributed by atoms with Crippen LogP contribution in [0.5, 0.6) is 5.75 Å². The smallest absolute Gasteiger partial charge is 0.128 e. The Morgan fingerprint density at radius 1 is 1.50 bits per heavy atom. The molecule has 0 saturated carbocycles. The molecule has 0 saturated heterocycles. The van der Waals surface area contributed by atoms with Gasteiger partial charge in [-0.05, 0) is 13.3 Å². The number of pyridine rings is 1. The molecular weight excluding hydrogens is 198 g/mol. The van der Waals surface area contributed by atoms with Crippen LogP contribution in [0.15, 0.2) is 6.20 Å². The Morgan fingerprint density at radius 2 is 2.21 bits per heavy atom. The summed E-state index contributed by atoms with van der Waals surface area (Å²) in [5.41, 5.74) is 3.14. The molecule has 0 aliphatic rings. The van der Waals surface area contributed by atoms with E-state index in [1.54, 1.807) is 7.11 Å². The summed E-state index contributed by atoms with van der Waals surface area (Å²) in [5.74, 6) is 1.38. The molecule has 1 aromatic heterocycles. The number of nitrogens with zero attached hydrogens (tertiary/aromatic N) is 1. The molecule has 0 bridgehead atoms. The number of alkyl halides is 1. The number of hydrogen-bond acceptors (Lipinski definition) is 2. The second-order valence-electron chi connectivity index (χ2n) is 3.27. The molecule has 0 aliphatic carbocycles. The summed E-state index contributed by atoms with van der Waals surface area (Å²) in [4.78, 5) is 4.31. The highest BCUT2D eigenvalue weighted by Gasteiger charge is 2.10. The van der Waals surface area contributed by atoms with Gasteiger partial charge in [0.25, 0.3) is 0 Å². The van der Waals surface area contributed by atoms with Gasteiger partial charge >= 0.3 is 0 Å². The summed E-state index contributed by atoms with van der Waals surface area (Å²) in [6, 6.07) is 0. The van der Waals surface area contributed by atoms with Crippen molar-refractivity contribution in [2.75, 3.05) is 7.11 Å². The summed E-state index contributed by atoms with van der Waals surface area (Å²) in [6.45, 7) is 4.15. The van der Waals surface area contributed by atoms with Crippen LogP contribution in [0.4, 0.5) is 0 Å². The van der Waals surface area contributed by atoms with Crippen molar-refractivity contribution in [1.82, 2.24) is 4.98 Å². The lowest BCUT2D eigenvalue weighted by atomic mass is 10.1. The van der Waals surface area contributed by atoms with Crippen LogP contribution in [0.3, 0.4) is 0 Å². The van der Waals surface area contributed by atoms with Gasteiger partial charge < -0.3 is 4.74 Å². The minimum absolute atomic E-state index is 0.439. The number of hydrogen-bond donors (Lipinski definition) is 0. The monoisotopic (exact) mass is 213 g/mol. The molecule has 1 rings (SSSR count). The Balaban J connectivity index is 3.14. The summed E-state index contributed by atoms with van der Waals surface area (Å²) < 4.78 is 5.37. The number of halogens is 1. The fourth-order valence-corrected chi connectivity index (χ4v) is 1.82. The molecule has 1 heterocycles. The van der Waals surface area contributed by atoms with Crippen molar-refractivity contribution < 1.29 is 4.74 Å². The second kappa shape index (κ2) is 5.20. The lowest BCUT2D eigenvalue weighted by Gasteiger charge is -2.12. The maximum absolute atomic E-state index is 5.77. The van der Waals surface area contributed by atoms with Crippen LogP contribution >= 0.6 is 11.6 Å². The first-order valence-corrected chi connectivity index (χ1v) is 5.35. The molecule has 0 N–H and O–H groups in total. The van der Waals surface area contributed by atoms with Crippen molar-refractivity contribution in [3.05, 3.63) is 23.0 Å². The third-order valence-corrected chi connectivity index (χ3v) is 2.54. The van der Waals surface area contributed by atoms with Crippen LogP contribution in [-0.2, 0) is 12.3 Å². The maximum atomic E-state index is 5.77. The molecule has 0 aromatic carbocycles. The van der Waals surface area contributed by atoms with E-state index < -0.39 is 0 Å². The van der Waals surface area contributed by atoms with Gasteiger partial charge in [0.1, 0.15) is 5.75 Å². The number of methoxy groups -OCH3 is 1. The average molecular weight is 214 g/mol. The number of aromatic nitrogens is 1. The van der Waals surface area contributed by atoms with E-state index in [-0.39, 0.29) is 0 Å². The zero-order valence-corrected chi connectivity index (χ0v) is 9.69. The highest BCUT2D eigenvalue weighted by Crippen LogP contribution is 2.26. The van der Waals surface area contributed by atoms with E-state index >= 15 is 0 Å². The molecule has 1 aromatic rings. The molecule has 0 radical (unpaired) electrons. The topological polar surface area (TPSA) is 22.1 Å². The number of aryl methyl sites for hydroxylation is 1. The maximum Gasteiger partial charge on any atom is 0.128 e. The number of rotatable bonds is 4. The van der Waals surface area contributed by atoms with Gasteiger partial charge in [0.05, 0.1) is 18.7 Å². The Hall–Kier alpha value is -0.760. The average Bonchev–Trinajstić information content (AvgIpc) is 2.19. The lowest BCUT2D eigenvalue weighted by molar-refractivity contribution is 0.404. The fraction of sp³-hybridized carbons (Fsp3) is 0.545. The van der Waals surface area contributed by atoms with Crippen LogP contribution in [-0.4, -0.2) is 12.1 Å². The third-order valence-electron chi connectivity index (χ3n) is 2.29. The lowest BCUT2D eigenvalue weighted by Crippen LogP contribution is -2.00. The molecule has 0 fully saturated rings. The van der Waals surface area contributed by atoms with Crippen molar-refractivity contribution in [2.24, 2.45) is 0 Å². The quantitative estimate of drug-likeness (QED) is 0.718.